The van der Waals surface area contributed by atoms with Gasteiger partial charge in [-0.05, 0) is 12.1 Å². The Morgan fingerprint density at radius 2 is 1.86 bits per heavy atom. The monoisotopic (exact) mass is 208 g/mol. The third-order valence-electron chi connectivity index (χ3n) is 1.58. The molecule has 0 atom stereocenters. The van der Waals surface area contributed by atoms with Crippen molar-refractivity contribution in [3.63, 3.8) is 0 Å². The number of aldehydes is 1. The van der Waals surface area contributed by atoms with Gasteiger partial charge < -0.3 is 5.11 Å². The van der Waals surface area contributed by atoms with Crippen molar-refractivity contribution in [1.82, 2.24) is 0 Å². The molecule has 1 aromatic carbocycles. The van der Waals surface area contributed by atoms with Crippen molar-refractivity contribution in [2.24, 2.45) is 0 Å². The van der Waals surface area contributed by atoms with Crippen molar-refractivity contribution in [2.45, 2.75) is 6.18 Å². The van der Waals surface area contributed by atoms with Gasteiger partial charge in [0, 0.05) is 0 Å². The van der Waals surface area contributed by atoms with E-state index in [9.17, 15) is 22.4 Å². The number of phenols is 1. The maximum atomic E-state index is 12.8. The molecule has 0 aliphatic carbocycles. The van der Waals surface area contributed by atoms with Gasteiger partial charge in [0.1, 0.15) is 5.56 Å². The lowest BCUT2D eigenvalue weighted by atomic mass is 10.1. The van der Waals surface area contributed by atoms with Gasteiger partial charge in [0.2, 0.25) is 0 Å². The summed E-state index contributed by atoms with van der Waals surface area (Å²) in [6.45, 7) is 0. The highest BCUT2D eigenvalue weighted by molar-refractivity contribution is 5.76. The molecule has 14 heavy (non-hydrogen) atoms. The van der Waals surface area contributed by atoms with Crippen LogP contribution in [0.15, 0.2) is 12.1 Å². The summed E-state index contributed by atoms with van der Waals surface area (Å²) >= 11 is 0. The van der Waals surface area contributed by atoms with Crippen LogP contribution in [0.4, 0.5) is 17.6 Å². The van der Waals surface area contributed by atoms with Crippen molar-refractivity contribution >= 4 is 6.29 Å². The van der Waals surface area contributed by atoms with Crippen LogP contribution in [0.3, 0.4) is 0 Å². The topological polar surface area (TPSA) is 37.3 Å². The summed E-state index contributed by atoms with van der Waals surface area (Å²) in [5, 5.41) is 8.79. The number of rotatable bonds is 1. The minimum absolute atomic E-state index is 0.0230. The molecule has 0 bridgehead atoms. The second-order valence-electron chi connectivity index (χ2n) is 2.48. The van der Waals surface area contributed by atoms with Crippen molar-refractivity contribution in [3.8, 4) is 5.75 Å². The molecule has 1 aromatic rings. The molecule has 0 spiro atoms. The molecule has 6 heteroatoms. The van der Waals surface area contributed by atoms with E-state index in [0.29, 0.717) is 12.1 Å². The highest BCUT2D eigenvalue weighted by Crippen LogP contribution is 2.37. The van der Waals surface area contributed by atoms with Gasteiger partial charge in [0.05, 0.1) is 5.56 Å². The van der Waals surface area contributed by atoms with E-state index in [1.807, 2.05) is 0 Å². The summed E-state index contributed by atoms with van der Waals surface area (Å²) in [5.41, 5.74) is -2.11. The largest absolute Gasteiger partial charge is 0.504 e. The fourth-order valence-electron chi connectivity index (χ4n) is 0.900. The van der Waals surface area contributed by atoms with Gasteiger partial charge in [0.25, 0.3) is 0 Å². The molecule has 0 saturated heterocycles. The molecule has 1 N–H and O–H groups in total. The number of alkyl halides is 3. The van der Waals surface area contributed by atoms with Gasteiger partial charge >= 0.3 is 6.18 Å². The predicted octanol–water partition coefficient (Wildman–Crippen LogP) is 2.36. The number of aromatic hydroxyl groups is 1. The average Bonchev–Trinajstić information content (AvgIpc) is 2.07. The van der Waals surface area contributed by atoms with E-state index in [4.69, 9.17) is 5.11 Å². The average molecular weight is 208 g/mol. The van der Waals surface area contributed by atoms with Crippen LogP contribution in [0.25, 0.3) is 0 Å². The maximum Gasteiger partial charge on any atom is 0.420 e. The van der Waals surface area contributed by atoms with Crippen molar-refractivity contribution in [3.05, 3.63) is 29.1 Å². The summed E-state index contributed by atoms with van der Waals surface area (Å²) in [5.74, 6) is -3.11. The van der Waals surface area contributed by atoms with E-state index < -0.39 is 28.9 Å². The standard InChI is InChI=1S/C8H4F4O2/c9-6-4(3-13)1-2-5(7(6)14)8(10,11)12/h1-3,14H. The molecule has 0 amide bonds. The molecule has 0 saturated carbocycles. The molecule has 0 radical (unpaired) electrons. The Bertz CT molecular complexity index is 370. The van der Waals surface area contributed by atoms with E-state index in [-0.39, 0.29) is 6.29 Å². The van der Waals surface area contributed by atoms with Gasteiger partial charge in [-0.2, -0.15) is 13.2 Å². The van der Waals surface area contributed by atoms with Crippen LogP contribution in [-0.4, -0.2) is 11.4 Å². The fourth-order valence-corrected chi connectivity index (χ4v) is 0.900. The summed E-state index contributed by atoms with van der Waals surface area (Å²) in [4.78, 5) is 10.1. The molecule has 0 aromatic heterocycles. The zero-order valence-corrected chi connectivity index (χ0v) is 6.60. The molecule has 76 valence electrons. The van der Waals surface area contributed by atoms with E-state index in [0.717, 1.165) is 0 Å². The predicted molar refractivity (Wildman–Crippen MR) is 38.5 cm³/mol. The van der Waals surface area contributed by atoms with Crippen LogP contribution < -0.4 is 0 Å². The van der Waals surface area contributed by atoms with Crippen LogP contribution in [0.5, 0.6) is 5.75 Å². The number of phenolic OH excluding ortho intramolecular Hbond substituents is 1. The first-order valence-electron chi connectivity index (χ1n) is 3.41. The molecule has 0 unspecified atom stereocenters. The first-order chi connectivity index (χ1) is 6.38. The quantitative estimate of drug-likeness (QED) is 0.568. The SMILES string of the molecule is O=Cc1ccc(C(F)(F)F)c(O)c1F. The van der Waals surface area contributed by atoms with Gasteiger partial charge in [-0.25, -0.2) is 4.39 Å². The first-order valence-corrected chi connectivity index (χ1v) is 3.41. The third-order valence-corrected chi connectivity index (χ3v) is 1.58. The lowest BCUT2D eigenvalue weighted by molar-refractivity contribution is -0.139. The van der Waals surface area contributed by atoms with E-state index >= 15 is 0 Å². The molecule has 2 nitrogen and oxygen atoms in total. The summed E-state index contributed by atoms with van der Waals surface area (Å²) in [7, 11) is 0. The Hall–Kier alpha value is -1.59. The summed E-state index contributed by atoms with van der Waals surface area (Å²) in [6.07, 6.45) is -4.82. The Labute approximate surface area is 75.8 Å². The molecule has 0 aliphatic rings. The van der Waals surface area contributed by atoms with Crippen molar-refractivity contribution < 1.29 is 27.5 Å². The van der Waals surface area contributed by atoms with Crippen LogP contribution in [-0.2, 0) is 6.18 Å². The highest BCUT2D eigenvalue weighted by Gasteiger charge is 2.35. The van der Waals surface area contributed by atoms with Gasteiger partial charge in [-0.3, -0.25) is 4.79 Å². The number of hydrogen-bond donors (Lipinski definition) is 1. The number of benzene rings is 1. The molecule has 0 fully saturated rings. The van der Waals surface area contributed by atoms with Gasteiger partial charge in [-0.15, -0.1) is 0 Å². The molecule has 0 heterocycles. The summed E-state index contributed by atoms with van der Waals surface area (Å²) in [6, 6.07) is 1.10. The Balaban J connectivity index is 3.38. The van der Waals surface area contributed by atoms with E-state index in [2.05, 4.69) is 0 Å². The van der Waals surface area contributed by atoms with Gasteiger partial charge in [0.15, 0.2) is 17.9 Å². The number of carbonyl (C=O) groups is 1. The Morgan fingerprint density at radius 1 is 1.29 bits per heavy atom. The third kappa shape index (κ3) is 1.68. The van der Waals surface area contributed by atoms with Gasteiger partial charge in [-0.1, -0.05) is 0 Å². The second-order valence-corrected chi connectivity index (χ2v) is 2.48. The van der Waals surface area contributed by atoms with E-state index in [1.54, 1.807) is 0 Å². The lowest BCUT2D eigenvalue weighted by Crippen LogP contribution is -2.07. The first kappa shape index (κ1) is 10.5. The number of hydrogen-bond acceptors (Lipinski definition) is 2. The zero-order chi connectivity index (χ0) is 10.9. The molecular formula is C8H4F4O2. The zero-order valence-electron chi connectivity index (χ0n) is 6.60. The minimum Gasteiger partial charge on any atom is -0.504 e. The highest BCUT2D eigenvalue weighted by atomic mass is 19.4. The molecular weight excluding hydrogens is 204 g/mol. The minimum atomic E-state index is -4.84. The van der Waals surface area contributed by atoms with E-state index in [1.165, 1.54) is 0 Å². The molecule has 0 aliphatic heterocycles. The number of halogens is 4. The Morgan fingerprint density at radius 3 is 2.29 bits per heavy atom. The summed E-state index contributed by atoms with van der Waals surface area (Å²) < 4.78 is 49.0. The van der Waals surface area contributed by atoms with Crippen LogP contribution in [0.1, 0.15) is 15.9 Å². The lowest BCUT2D eigenvalue weighted by Gasteiger charge is -2.09. The fraction of sp³-hybridized carbons (Fsp3) is 0.125. The maximum absolute atomic E-state index is 12.8. The molecule has 1 rings (SSSR count). The van der Waals surface area contributed by atoms with Crippen molar-refractivity contribution in [2.75, 3.05) is 0 Å². The second kappa shape index (κ2) is 3.28. The smallest absolute Gasteiger partial charge is 0.420 e. The van der Waals surface area contributed by atoms with Crippen LogP contribution in [0, 0.1) is 5.82 Å². The van der Waals surface area contributed by atoms with Crippen LogP contribution >= 0.6 is 0 Å². The van der Waals surface area contributed by atoms with Crippen molar-refractivity contribution in [1.29, 1.82) is 0 Å². The normalized spacial score (nSPS) is 11.4. The van der Waals surface area contributed by atoms with Crippen LogP contribution in [0.2, 0.25) is 0 Å². The number of carbonyl (C=O) groups excluding carboxylic acids is 1. The Kier molecular flexibility index (Phi) is 2.46.